The monoisotopic (exact) mass is 208 g/mol. The zero-order valence-corrected chi connectivity index (χ0v) is 9.66. The molecule has 1 aliphatic heterocycles. The second-order valence-corrected chi connectivity index (χ2v) is 4.49. The number of fused-ring (bicyclic) bond motifs is 1. The van der Waals surface area contributed by atoms with Crippen molar-refractivity contribution in [2.24, 2.45) is 5.92 Å². The molecule has 0 saturated carbocycles. The van der Waals surface area contributed by atoms with E-state index in [1.54, 1.807) is 0 Å². The Morgan fingerprint density at radius 3 is 3.13 bits per heavy atom. The predicted molar refractivity (Wildman–Crippen MR) is 59.8 cm³/mol. The van der Waals surface area contributed by atoms with E-state index < -0.39 is 0 Å². The molecule has 1 aliphatic rings. The summed E-state index contributed by atoms with van der Waals surface area (Å²) >= 11 is 0. The predicted octanol–water partition coefficient (Wildman–Crippen LogP) is 1.01. The van der Waals surface area contributed by atoms with Crippen molar-refractivity contribution in [1.82, 2.24) is 20.1 Å². The smallest absolute Gasteiger partial charge is 0.133 e. The maximum atomic E-state index is 4.29. The van der Waals surface area contributed by atoms with Crippen LogP contribution < -0.4 is 5.32 Å². The fourth-order valence-corrected chi connectivity index (χ4v) is 2.15. The molecule has 84 valence electrons. The van der Waals surface area contributed by atoms with Crippen molar-refractivity contribution in [3.8, 4) is 0 Å². The van der Waals surface area contributed by atoms with E-state index in [2.05, 4.69) is 27.0 Å². The molecule has 0 saturated heterocycles. The molecule has 4 nitrogen and oxygen atoms in total. The van der Waals surface area contributed by atoms with Gasteiger partial charge in [-0.15, -0.1) is 10.2 Å². The second-order valence-electron chi connectivity index (χ2n) is 4.49. The lowest BCUT2D eigenvalue weighted by molar-refractivity contribution is 0.402. The summed E-state index contributed by atoms with van der Waals surface area (Å²) in [6.07, 6.45) is 4.55. The molecule has 0 aromatic carbocycles. The number of nitrogens with zero attached hydrogens (tertiary/aromatic N) is 3. The fourth-order valence-electron chi connectivity index (χ4n) is 2.15. The van der Waals surface area contributed by atoms with Crippen LogP contribution in [0.2, 0.25) is 0 Å². The Hall–Kier alpha value is -0.900. The summed E-state index contributed by atoms with van der Waals surface area (Å²) in [7, 11) is 1.99. The van der Waals surface area contributed by atoms with Crippen molar-refractivity contribution in [3.05, 3.63) is 11.6 Å². The average molecular weight is 208 g/mol. The highest BCUT2D eigenvalue weighted by Gasteiger charge is 2.19. The fraction of sp³-hybridized carbons (Fsp3) is 0.818. The van der Waals surface area contributed by atoms with Gasteiger partial charge in [0.1, 0.15) is 11.6 Å². The topological polar surface area (TPSA) is 42.7 Å². The van der Waals surface area contributed by atoms with Crippen molar-refractivity contribution >= 4 is 0 Å². The summed E-state index contributed by atoms with van der Waals surface area (Å²) in [6.45, 7) is 4.45. The van der Waals surface area contributed by atoms with Gasteiger partial charge in [-0.3, -0.25) is 0 Å². The Bertz CT molecular complexity index is 318. The molecule has 1 atom stereocenters. The lowest BCUT2D eigenvalue weighted by atomic mass is 10.0. The molecule has 0 fully saturated rings. The van der Waals surface area contributed by atoms with Gasteiger partial charge in [-0.25, -0.2) is 0 Å². The van der Waals surface area contributed by atoms with Crippen LogP contribution in [0.25, 0.3) is 0 Å². The van der Waals surface area contributed by atoms with E-state index >= 15 is 0 Å². The first-order valence-corrected chi connectivity index (χ1v) is 5.87. The van der Waals surface area contributed by atoms with Crippen molar-refractivity contribution in [3.63, 3.8) is 0 Å². The van der Waals surface area contributed by atoms with Crippen LogP contribution in [-0.2, 0) is 19.4 Å². The lowest BCUT2D eigenvalue weighted by Crippen LogP contribution is -2.19. The number of aryl methyl sites for hydroxylation is 1. The summed E-state index contributed by atoms with van der Waals surface area (Å²) in [5.74, 6) is 3.13. The number of rotatable bonds is 4. The molecular weight excluding hydrogens is 188 g/mol. The summed E-state index contributed by atoms with van der Waals surface area (Å²) in [5.41, 5.74) is 0. The summed E-state index contributed by atoms with van der Waals surface area (Å²) in [6, 6.07) is 0. The SMILES string of the molecule is CNCCCc1nnc2n1CCC(C)C2. The lowest BCUT2D eigenvalue weighted by Gasteiger charge is -2.20. The van der Waals surface area contributed by atoms with Gasteiger partial charge in [0.15, 0.2) is 0 Å². The van der Waals surface area contributed by atoms with E-state index in [0.717, 1.165) is 38.3 Å². The van der Waals surface area contributed by atoms with Crippen LogP contribution in [0.4, 0.5) is 0 Å². The van der Waals surface area contributed by atoms with Crippen molar-refractivity contribution in [2.45, 2.75) is 39.2 Å². The van der Waals surface area contributed by atoms with Crippen LogP contribution in [0, 0.1) is 5.92 Å². The first kappa shape index (κ1) is 10.6. The first-order chi connectivity index (χ1) is 7.31. The van der Waals surface area contributed by atoms with Crippen LogP contribution in [0.1, 0.15) is 31.4 Å². The van der Waals surface area contributed by atoms with E-state index in [-0.39, 0.29) is 0 Å². The molecule has 2 rings (SSSR count). The highest BCUT2D eigenvalue weighted by molar-refractivity contribution is 5.00. The van der Waals surface area contributed by atoms with E-state index in [9.17, 15) is 0 Å². The molecule has 4 heteroatoms. The number of nitrogens with one attached hydrogen (secondary N) is 1. The Balaban J connectivity index is 2.01. The Morgan fingerprint density at radius 2 is 2.33 bits per heavy atom. The largest absolute Gasteiger partial charge is 0.320 e. The van der Waals surface area contributed by atoms with Gasteiger partial charge in [-0.2, -0.15) is 0 Å². The van der Waals surface area contributed by atoms with Crippen molar-refractivity contribution in [1.29, 1.82) is 0 Å². The Morgan fingerprint density at radius 1 is 1.47 bits per heavy atom. The number of aromatic nitrogens is 3. The van der Waals surface area contributed by atoms with E-state index in [1.165, 1.54) is 18.1 Å². The van der Waals surface area contributed by atoms with Gasteiger partial charge < -0.3 is 9.88 Å². The minimum atomic E-state index is 0.770. The molecule has 0 radical (unpaired) electrons. The van der Waals surface area contributed by atoms with Gasteiger partial charge in [-0.1, -0.05) is 6.92 Å². The summed E-state index contributed by atoms with van der Waals surface area (Å²) in [4.78, 5) is 0. The standard InChI is InChI=1S/C11H20N4/c1-9-5-7-15-10(4-3-6-12-2)13-14-11(15)8-9/h9,12H,3-8H2,1-2H3. The van der Waals surface area contributed by atoms with Gasteiger partial charge in [-0.05, 0) is 32.4 Å². The zero-order chi connectivity index (χ0) is 10.7. The highest BCUT2D eigenvalue weighted by atomic mass is 15.3. The third-order valence-corrected chi connectivity index (χ3v) is 3.11. The third-order valence-electron chi connectivity index (χ3n) is 3.11. The quantitative estimate of drug-likeness (QED) is 0.751. The van der Waals surface area contributed by atoms with Crippen molar-refractivity contribution in [2.75, 3.05) is 13.6 Å². The van der Waals surface area contributed by atoms with Crippen LogP contribution >= 0.6 is 0 Å². The molecule has 0 aliphatic carbocycles. The van der Waals surface area contributed by atoms with Crippen LogP contribution in [-0.4, -0.2) is 28.4 Å². The van der Waals surface area contributed by atoms with Crippen LogP contribution in [0.15, 0.2) is 0 Å². The molecule has 1 N–H and O–H groups in total. The maximum Gasteiger partial charge on any atom is 0.133 e. The summed E-state index contributed by atoms with van der Waals surface area (Å²) in [5, 5.41) is 11.7. The minimum absolute atomic E-state index is 0.770. The molecule has 1 aromatic heterocycles. The third kappa shape index (κ3) is 2.37. The first-order valence-electron chi connectivity index (χ1n) is 5.87. The second kappa shape index (κ2) is 4.75. The molecule has 0 amide bonds. The maximum absolute atomic E-state index is 4.29. The molecule has 0 spiro atoms. The normalized spacial score (nSPS) is 20.3. The molecule has 0 bridgehead atoms. The van der Waals surface area contributed by atoms with Gasteiger partial charge in [0.2, 0.25) is 0 Å². The van der Waals surface area contributed by atoms with Crippen LogP contribution in [0.5, 0.6) is 0 Å². The van der Waals surface area contributed by atoms with E-state index in [4.69, 9.17) is 0 Å². The molecule has 1 aromatic rings. The molecule has 15 heavy (non-hydrogen) atoms. The van der Waals surface area contributed by atoms with Gasteiger partial charge in [0, 0.05) is 19.4 Å². The molecule has 2 heterocycles. The average Bonchev–Trinajstić information content (AvgIpc) is 2.61. The van der Waals surface area contributed by atoms with Crippen molar-refractivity contribution < 1.29 is 0 Å². The Kier molecular flexibility index (Phi) is 3.36. The van der Waals surface area contributed by atoms with Crippen LogP contribution in [0.3, 0.4) is 0 Å². The van der Waals surface area contributed by atoms with Gasteiger partial charge in [0.05, 0.1) is 0 Å². The summed E-state index contributed by atoms with van der Waals surface area (Å²) < 4.78 is 2.32. The van der Waals surface area contributed by atoms with E-state index in [0.29, 0.717) is 0 Å². The number of hydrogen-bond donors (Lipinski definition) is 1. The van der Waals surface area contributed by atoms with Gasteiger partial charge in [0.25, 0.3) is 0 Å². The number of hydrogen-bond acceptors (Lipinski definition) is 3. The highest BCUT2D eigenvalue weighted by Crippen LogP contribution is 2.19. The van der Waals surface area contributed by atoms with E-state index in [1.807, 2.05) is 7.05 Å². The molecular formula is C11H20N4. The minimum Gasteiger partial charge on any atom is -0.320 e. The zero-order valence-electron chi connectivity index (χ0n) is 9.66. The van der Waals surface area contributed by atoms with Gasteiger partial charge >= 0.3 is 0 Å². The molecule has 1 unspecified atom stereocenters. The Labute approximate surface area is 91.1 Å².